The van der Waals surface area contributed by atoms with Crippen molar-refractivity contribution in [3.63, 3.8) is 0 Å². The standard InChI is InChI=1S/C23H22F2O2/c1-3-5-6-17-7-8-19-15-18(11-14-21(19)22(17)27-23(24)25)16-9-12-20(13-10-16)26-4-2/h3,7-15,23H,1,4-6H2,2H3. The molecular weight excluding hydrogens is 346 g/mol. The van der Waals surface area contributed by atoms with Crippen molar-refractivity contribution >= 4 is 10.8 Å². The fourth-order valence-electron chi connectivity index (χ4n) is 3.12. The monoisotopic (exact) mass is 368 g/mol. The number of ether oxygens (including phenoxy) is 2. The van der Waals surface area contributed by atoms with E-state index in [2.05, 4.69) is 6.58 Å². The molecule has 0 aliphatic rings. The molecule has 0 saturated carbocycles. The predicted octanol–water partition coefficient (Wildman–Crippen LogP) is 6.63. The molecule has 0 fully saturated rings. The maximum absolute atomic E-state index is 12.9. The summed E-state index contributed by atoms with van der Waals surface area (Å²) >= 11 is 0. The molecule has 27 heavy (non-hydrogen) atoms. The number of alkyl halides is 2. The number of fused-ring (bicyclic) bond motifs is 1. The molecule has 0 amide bonds. The molecule has 0 aliphatic heterocycles. The fraction of sp³-hybridized carbons (Fsp3) is 0.217. The van der Waals surface area contributed by atoms with Gasteiger partial charge in [0.25, 0.3) is 0 Å². The van der Waals surface area contributed by atoms with Gasteiger partial charge in [-0.1, -0.05) is 42.5 Å². The van der Waals surface area contributed by atoms with Crippen LogP contribution < -0.4 is 9.47 Å². The molecule has 0 unspecified atom stereocenters. The Morgan fingerprint density at radius 3 is 2.41 bits per heavy atom. The van der Waals surface area contributed by atoms with Crippen LogP contribution in [0.4, 0.5) is 8.78 Å². The molecule has 0 aromatic heterocycles. The predicted molar refractivity (Wildman–Crippen MR) is 106 cm³/mol. The molecule has 4 heteroatoms. The van der Waals surface area contributed by atoms with E-state index in [9.17, 15) is 8.78 Å². The Bertz CT molecular complexity index is 918. The van der Waals surface area contributed by atoms with Gasteiger partial charge in [0, 0.05) is 5.39 Å². The van der Waals surface area contributed by atoms with Crippen molar-refractivity contribution in [1.29, 1.82) is 0 Å². The number of allylic oxidation sites excluding steroid dienone is 1. The van der Waals surface area contributed by atoms with Crippen LogP contribution >= 0.6 is 0 Å². The van der Waals surface area contributed by atoms with Crippen molar-refractivity contribution < 1.29 is 18.3 Å². The van der Waals surface area contributed by atoms with E-state index in [-0.39, 0.29) is 5.75 Å². The minimum absolute atomic E-state index is 0.252. The van der Waals surface area contributed by atoms with Crippen molar-refractivity contribution in [1.82, 2.24) is 0 Å². The summed E-state index contributed by atoms with van der Waals surface area (Å²) < 4.78 is 36.2. The molecule has 0 aliphatic carbocycles. The molecule has 0 bridgehead atoms. The second-order valence-electron chi connectivity index (χ2n) is 6.15. The average molecular weight is 368 g/mol. The number of benzene rings is 3. The van der Waals surface area contributed by atoms with Crippen LogP contribution in [-0.2, 0) is 6.42 Å². The third-order valence-corrected chi connectivity index (χ3v) is 4.38. The zero-order chi connectivity index (χ0) is 19.2. The highest BCUT2D eigenvalue weighted by atomic mass is 19.3. The number of rotatable bonds is 8. The van der Waals surface area contributed by atoms with Crippen LogP contribution in [0.5, 0.6) is 11.5 Å². The molecular formula is C23H22F2O2. The highest BCUT2D eigenvalue weighted by molar-refractivity contribution is 5.93. The van der Waals surface area contributed by atoms with Gasteiger partial charge >= 0.3 is 6.61 Å². The minimum atomic E-state index is -2.86. The van der Waals surface area contributed by atoms with E-state index >= 15 is 0 Å². The van der Waals surface area contributed by atoms with Crippen molar-refractivity contribution in [3.8, 4) is 22.6 Å². The first-order valence-electron chi connectivity index (χ1n) is 8.97. The van der Waals surface area contributed by atoms with Gasteiger partial charge < -0.3 is 9.47 Å². The summed E-state index contributed by atoms with van der Waals surface area (Å²) in [4.78, 5) is 0. The molecule has 3 aromatic carbocycles. The Morgan fingerprint density at radius 2 is 1.74 bits per heavy atom. The summed E-state index contributed by atoms with van der Waals surface area (Å²) in [5.74, 6) is 1.07. The van der Waals surface area contributed by atoms with Crippen LogP contribution in [0.1, 0.15) is 18.9 Å². The van der Waals surface area contributed by atoms with Crippen LogP contribution in [0.25, 0.3) is 21.9 Å². The Kier molecular flexibility index (Phi) is 6.07. The van der Waals surface area contributed by atoms with E-state index in [0.29, 0.717) is 24.8 Å². The van der Waals surface area contributed by atoms with Gasteiger partial charge in [-0.25, -0.2) is 0 Å². The fourth-order valence-corrected chi connectivity index (χ4v) is 3.12. The topological polar surface area (TPSA) is 18.5 Å². The number of hydrogen-bond acceptors (Lipinski definition) is 2. The minimum Gasteiger partial charge on any atom is -0.494 e. The van der Waals surface area contributed by atoms with E-state index < -0.39 is 6.61 Å². The lowest BCUT2D eigenvalue weighted by Gasteiger charge is -2.14. The summed E-state index contributed by atoms with van der Waals surface area (Å²) in [7, 11) is 0. The molecule has 2 nitrogen and oxygen atoms in total. The van der Waals surface area contributed by atoms with Crippen molar-refractivity contribution in [2.75, 3.05) is 6.61 Å². The van der Waals surface area contributed by atoms with Crippen LogP contribution in [-0.4, -0.2) is 13.2 Å². The van der Waals surface area contributed by atoms with Gasteiger partial charge in [-0.05, 0) is 60.0 Å². The van der Waals surface area contributed by atoms with E-state index in [1.807, 2.05) is 61.5 Å². The summed E-state index contributed by atoms with van der Waals surface area (Å²) in [6.07, 6.45) is 3.09. The molecule has 140 valence electrons. The van der Waals surface area contributed by atoms with E-state index in [1.54, 1.807) is 6.08 Å². The van der Waals surface area contributed by atoms with Crippen LogP contribution in [0.15, 0.2) is 67.3 Å². The lowest BCUT2D eigenvalue weighted by Crippen LogP contribution is -2.05. The van der Waals surface area contributed by atoms with Crippen molar-refractivity contribution in [2.24, 2.45) is 0 Å². The summed E-state index contributed by atoms with van der Waals surface area (Å²) in [5.41, 5.74) is 2.80. The van der Waals surface area contributed by atoms with Crippen LogP contribution in [0.3, 0.4) is 0 Å². The maximum atomic E-state index is 12.9. The highest BCUT2D eigenvalue weighted by Crippen LogP contribution is 2.35. The van der Waals surface area contributed by atoms with Gasteiger partial charge in [-0.15, -0.1) is 6.58 Å². The first-order chi connectivity index (χ1) is 13.1. The maximum Gasteiger partial charge on any atom is 0.387 e. The van der Waals surface area contributed by atoms with Crippen molar-refractivity contribution in [2.45, 2.75) is 26.4 Å². The lowest BCUT2D eigenvalue weighted by atomic mass is 9.97. The molecule has 3 rings (SSSR count). The Labute approximate surface area is 158 Å². The Morgan fingerprint density at radius 1 is 1.00 bits per heavy atom. The molecule has 0 saturated heterocycles. The quantitative estimate of drug-likeness (QED) is 0.416. The highest BCUT2D eigenvalue weighted by Gasteiger charge is 2.14. The molecule has 0 N–H and O–H groups in total. The van der Waals surface area contributed by atoms with Gasteiger partial charge in [-0.3, -0.25) is 0 Å². The Balaban J connectivity index is 2.00. The molecule has 0 spiro atoms. The van der Waals surface area contributed by atoms with Gasteiger partial charge in [0.15, 0.2) is 0 Å². The van der Waals surface area contributed by atoms with Gasteiger partial charge in [0.05, 0.1) is 6.61 Å². The zero-order valence-electron chi connectivity index (χ0n) is 15.3. The zero-order valence-corrected chi connectivity index (χ0v) is 15.3. The Hall–Kier alpha value is -2.88. The number of halogens is 2. The average Bonchev–Trinajstić information content (AvgIpc) is 2.67. The molecule has 0 atom stereocenters. The van der Waals surface area contributed by atoms with E-state index in [1.165, 1.54) is 0 Å². The number of hydrogen-bond donors (Lipinski definition) is 0. The third-order valence-electron chi connectivity index (χ3n) is 4.38. The smallest absolute Gasteiger partial charge is 0.387 e. The van der Waals surface area contributed by atoms with Crippen LogP contribution in [0, 0.1) is 0 Å². The summed E-state index contributed by atoms with van der Waals surface area (Å²) in [6, 6.07) is 17.4. The van der Waals surface area contributed by atoms with E-state index in [4.69, 9.17) is 9.47 Å². The summed E-state index contributed by atoms with van der Waals surface area (Å²) in [5, 5.41) is 1.55. The molecule has 0 radical (unpaired) electrons. The first-order valence-corrected chi connectivity index (χ1v) is 8.97. The van der Waals surface area contributed by atoms with Crippen LogP contribution in [0.2, 0.25) is 0 Å². The third kappa shape index (κ3) is 4.45. The normalized spacial score (nSPS) is 11.0. The second-order valence-corrected chi connectivity index (χ2v) is 6.15. The molecule has 0 heterocycles. The van der Waals surface area contributed by atoms with E-state index in [0.717, 1.165) is 27.8 Å². The second kappa shape index (κ2) is 8.67. The first kappa shape index (κ1) is 18.9. The summed E-state index contributed by atoms with van der Waals surface area (Å²) in [6.45, 7) is 3.40. The largest absolute Gasteiger partial charge is 0.494 e. The van der Waals surface area contributed by atoms with Gasteiger partial charge in [0.1, 0.15) is 11.5 Å². The molecule has 3 aromatic rings. The van der Waals surface area contributed by atoms with Gasteiger partial charge in [-0.2, -0.15) is 8.78 Å². The SMILES string of the molecule is C=CCCc1ccc2cc(-c3ccc(OCC)cc3)ccc2c1OC(F)F. The number of aryl methyl sites for hydroxylation is 1. The van der Waals surface area contributed by atoms with Crippen molar-refractivity contribution in [3.05, 3.63) is 72.8 Å². The van der Waals surface area contributed by atoms with Gasteiger partial charge in [0.2, 0.25) is 0 Å². The lowest BCUT2D eigenvalue weighted by molar-refractivity contribution is -0.0493.